The molecule has 0 unspecified atom stereocenters. The zero-order valence-electron chi connectivity index (χ0n) is 12.6. The number of hydrogen-bond donors (Lipinski definition) is 0. The van der Waals surface area contributed by atoms with Crippen LogP contribution in [0.25, 0.3) is 0 Å². The first-order chi connectivity index (χ1) is 11.3. The van der Waals surface area contributed by atoms with Gasteiger partial charge in [0.25, 0.3) is 5.91 Å². The number of carbonyl (C=O) groups is 1. The van der Waals surface area contributed by atoms with Crippen molar-refractivity contribution in [3.8, 4) is 11.5 Å². The molecule has 0 N–H and O–H groups in total. The predicted octanol–water partition coefficient (Wildman–Crippen LogP) is 3.33. The van der Waals surface area contributed by atoms with E-state index in [9.17, 15) is 4.79 Å². The number of nitrogens with zero attached hydrogens (tertiary/aromatic N) is 1. The second-order valence-electron chi connectivity index (χ2n) is 5.53. The summed E-state index contributed by atoms with van der Waals surface area (Å²) in [6.45, 7) is 1.76. The highest BCUT2D eigenvalue weighted by Crippen LogP contribution is 2.40. The molecule has 0 bridgehead atoms. The first-order valence-corrected chi connectivity index (χ1v) is 8.70. The molecule has 0 spiro atoms. The summed E-state index contributed by atoms with van der Waals surface area (Å²) in [5.41, 5.74) is 1.23. The Morgan fingerprint density at radius 1 is 1.17 bits per heavy atom. The summed E-state index contributed by atoms with van der Waals surface area (Å²) in [7, 11) is 0. The summed E-state index contributed by atoms with van der Waals surface area (Å²) in [4.78, 5) is 14.3. The largest absolute Gasteiger partial charge is 0.459 e. The molecule has 0 saturated carbocycles. The van der Waals surface area contributed by atoms with Crippen molar-refractivity contribution < 1.29 is 18.7 Å². The lowest BCUT2D eigenvalue weighted by Gasteiger charge is -2.19. The summed E-state index contributed by atoms with van der Waals surface area (Å²) in [5.74, 6) is 2.92. The van der Waals surface area contributed by atoms with Gasteiger partial charge in [-0.1, -0.05) is 6.07 Å². The zero-order valence-corrected chi connectivity index (χ0v) is 13.4. The van der Waals surface area contributed by atoms with E-state index in [1.165, 1.54) is 11.8 Å². The van der Waals surface area contributed by atoms with Crippen molar-refractivity contribution >= 4 is 17.7 Å². The van der Waals surface area contributed by atoms with Gasteiger partial charge in [-0.2, -0.15) is 11.8 Å². The van der Waals surface area contributed by atoms with Crippen LogP contribution in [0.2, 0.25) is 0 Å². The fourth-order valence-corrected chi connectivity index (χ4v) is 4.13. The fraction of sp³-hybridized carbons (Fsp3) is 0.353. The van der Waals surface area contributed by atoms with Gasteiger partial charge in [0.15, 0.2) is 17.3 Å². The number of thioether (sulfide) groups is 1. The van der Waals surface area contributed by atoms with Gasteiger partial charge in [-0.15, -0.1) is 0 Å². The van der Waals surface area contributed by atoms with Crippen LogP contribution in [0.4, 0.5) is 0 Å². The molecule has 5 nitrogen and oxygen atoms in total. The molecule has 23 heavy (non-hydrogen) atoms. The van der Waals surface area contributed by atoms with Gasteiger partial charge in [0.05, 0.1) is 6.26 Å². The van der Waals surface area contributed by atoms with E-state index in [0.29, 0.717) is 17.8 Å². The van der Waals surface area contributed by atoms with Crippen LogP contribution in [0, 0.1) is 0 Å². The van der Waals surface area contributed by atoms with Crippen molar-refractivity contribution in [3.05, 3.63) is 47.9 Å². The number of ether oxygens (including phenoxy) is 2. The Morgan fingerprint density at radius 3 is 2.96 bits per heavy atom. The molecule has 0 radical (unpaired) electrons. The SMILES string of the molecule is O=C(c1ccco1)N1CCS[C@H](c2ccc3c(c2)OCO3)CC1. The number of carbonyl (C=O) groups excluding carboxylic acids is 1. The number of rotatable bonds is 2. The highest BCUT2D eigenvalue weighted by Gasteiger charge is 2.25. The van der Waals surface area contributed by atoms with Crippen LogP contribution in [-0.4, -0.2) is 36.4 Å². The first-order valence-electron chi connectivity index (χ1n) is 7.65. The van der Waals surface area contributed by atoms with Crippen LogP contribution < -0.4 is 9.47 Å². The van der Waals surface area contributed by atoms with Gasteiger partial charge in [-0.25, -0.2) is 0 Å². The molecule has 2 aromatic rings. The van der Waals surface area contributed by atoms with E-state index >= 15 is 0 Å². The van der Waals surface area contributed by atoms with E-state index in [4.69, 9.17) is 13.9 Å². The Kier molecular flexibility index (Phi) is 3.91. The Balaban J connectivity index is 1.46. The predicted molar refractivity (Wildman–Crippen MR) is 87.0 cm³/mol. The molecule has 2 aliphatic rings. The fourth-order valence-electron chi connectivity index (χ4n) is 2.91. The minimum atomic E-state index is -0.0260. The minimum Gasteiger partial charge on any atom is -0.459 e. The normalized spacial score (nSPS) is 20.3. The summed E-state index contributed by atoms with van der Waals surface area (Å²) in [6, 6.07) is 9.58. The molecule has 1 aromatic heterocycles. The number of furan rings is 1. The van der Waals surface area contributed by atoms with Gasteiger partial charge in [0.2, 0.25) is 6.79 Å². The minimum absolute atomic E-state index is 0.0260. The maximum Gasteiger partial charge on any atom is 0.289 e. The van der Waals surface area contributed by atoms with Crippen molar-refractivity contribution in [2.24, 2.45) is 0 Å². The zero-order chi connectivity index (χ0) is 15.6. The van der Waals surface area contributed by atoms with Crippen LogP contribution in [0.1, 0.15) is 27.8 Å². The Labute approximate surface area is 138 Å². The van der Waals surface area contributed by atoms with Crippen LogP contribution >= 0.6 is 11.8 Å². The van der Waals surface area contributed by atoms with E-state index in [1.807, 2.05) is 22.7 Å². The van der Waals surface area contributed by atoms with E-state index in [2.05, 4.69) is 12.1 Å². The number of amides is 1. The lowest BCUT2D eigenvalue weighted by Crippen LogP contribution is -2.32. The lowest BCUT2D eigenvalue weighted by molar-refractivity contribution is 0.0734. The molecular formula is C17H17NO4S. The smallest absolute Gasteiger partial charge is 0.289 e. The Bertz CT molecular complexity index is 701. The molecule has 1 amide bonds. The second kappa shape index (κ2) is 6.20. The van der Waals surface area contributed by atoms with E-state index < -0.39 is 0 Å². The standard InChI is InChI=1S/C17H17NO4S/c19-17(14-2-1-8-20-14)18-6-5-16(23-9-7-18)12-3-4-13-15(10-12)22-11-21-13/h1-4,8,10,16H,5-7,9,11H2/t16-/m0/s1. The van der Waals surface area contributed by atoms with Crippen molar-refractivity contribution in [2.45, 2.75) is 11.7 Å². The van der Waals surface area contributed by atoms with Crippen molar-refractivity contribution in [1.29, 1.82) is 0 Å². The third-order valence-electron chi connectivity index (χ3n) is 4.13. The molecule has 6 heteroatoms. The average molecular weight is 331 g/mol. The molecule has 4 rings (SSSR count). The molecule has 1 fully saturated rings. The molecule has 1 saturated heterocycles. The summed E-state index contributed by atoms with van der Waals surface area (Å²) in [5, 5.41) is 0.360. The molecule has 1 aromatic carbocycles. The van der Waals surface area contributed by atoms with Crippen LogP contribution in [0.15, 0.2) is 41.0 Å². The first kappa shape index (κ1) is 14.5. The summed E-state index contributed by atoms with van der Waals surface area (Å²) in [6.07, 6.45) is 2.45. The number of fused-ring (bicyclic) bond motifs is 1. The van der Waals surface area contributed by atoms with Gasteiger partial charge in [0.1, 0.15) is 0 Å². The number of hydrogen-bond acceptors (Lipinski definition) is 5. The van der Waals surface area contributed by atoms with Gasteiger partial charge in [-0.05, 0) is 36.2 Å². The molecule has 2 aliphatic heterocycles. The Morgan fingerprint density at radius 2 is 2.09 bits per heavy atom. The van der Waals surface area contributed by atoms with Crippen molar-refractivity contribution in [2.75, 3.05) is 25.6 Å². The van der Waals surface area contributed by atoms with E-state index in [-0.39, 0.29) is 5.91 Å². The molecular weight excluding hydrogens is 314 g/mol. The third-order valence-corrected chi connectivity index (χ3v) is 5.46. The van der Waals surface area contributed by atoms with Crippen molar-refractivity contribution in [1.82, 2.24) is 4.90 Å². The van der Waals surface area contributed by atoms with Crippen LogP contribution in [0.5, 0.6) is 11.5 Å². The van der Waals surface area contributed by atoms with E-state index in [1.54, 1.807) is 12.1 Å². The maximum absolute atomic E-state index is 12.4. The summed E-state index contributed by atoms with van der Waals surface area (Å²) >= 11 is 1.88. The van der Waals surface area contributed by atoms with Crippen LogP contribution in [-0.2, 0) is 0 Å². The monoisotopic (exact) mass is 331 g/mol. The molecule has 3 heterocycles. The average Bonchev–Trinajstić information content (AvgIpc) is 3.20. The van der Waals surface area contributed by atoms with Crippen LogP contribution in [0.3, 0.4) is 0 Å². The molecule has 0 aliphatic carbocycles. The molecule has 120 valence electrons. The topological polar surface area (TPSA) is 51.9 Å². The van der Waals surface area contributed by atoms with Crippen molar-refractivity contribution in [3.63, 3.8) is 0 Å². The quantitative estimate of drug-likeness (QED) is 0.845. The maximum atomic E-state index is 12.4. The van der Waals surface area contributed by atoms with E-state index in [0.717, 1.165) is 36.8 Å². The van der Waals surface area contributed by atoms with Gasteiger partial charge >= 0.3 is 0 Å². The highest BCUT2D eigenvalue weighted by molar-refractivity contribution is 7.99. The van der Waals surface area contributed by atoms with Gasteiger partial charge in [-0.3, -0.25) is 4.79 Å². The van der Waals surface area contributed by atoms with Gasteiger partial charge in [0, 0.05) is 24.1 Å². The second-order valence-corrected chi connectivity index (χ2v) is 6.84. The lowest BCUT2D eigenvalue weighted by atomic mass is 10.1. The highest BCUT2D eigenvalue weighted by atomic mass is 32.2. The Hall–Kier alpha value is -2.08. The van der Waals surface area contributed by atoms with Gasteiger partial charge < -0.3 is 18.8 Å². The number of benzene rings is 1. The molecule has 1 atom stereocenters. The summed E-state index contributed by atoms with van der Waals surface area (Å²) < 4.78 is 16.0. The third kappa shape index (κ3) is 2.91.